The zero-order valence-electron chi connectivity index (χ0n) is 15.9. The van der Waals surface area contributed by atoms with Crippen LogP contribution in [0.1, 0.15) is 0 Å². The molecule has 0 atom stereocenters. The van der Waals surface area contributed by atoms with Crippen molar-refractivity contribution in [3.63, 3.8) is 0 Å². The quantitative estimate of drug-likeness (QED) is 0.205. The van der Waals surface area contributed by atoms with Gasteiger partial charge in [-0.05, 0) is 47.7 Å². The molecular formula is C18H13N5O5S4. The molecule has 164 valence electrons. The van der Waals surface area contributed by atoms with E-state index in [0.717, 1.165) is 20.8 Å². The minimum absolute atomic E-state index is 0.0720. The maximum atomic E-state index is 12.4. The van der Waals surface area contributed by atoms with E-state index in [0.29, 0.717) is 17.0 Å². The number of hydrogen-bond acceptors (Lipinski definition) is 10. The molecule has 0 radical (unpaired) electrons. The van der Waals surface area contributed by atoms with Crippen molar-refractivity contribution in [3.05, 3.63) is 64.8 Å². The highest BCUT2D eigenvalue weighted by molar-refractivity contribution is 8.01. The van der Waals surface area contributed by atoms with Gasteiger partial charge in [-0.3, -0.25) is 19.6 Å². The molecule has 2 heterocycles. The fraction of sp³-hybridized carbons (Fsp3) is 0.0556. The number of aromatic nitrogens is 2. The van der Waals surface area contributed by atoms with E-state index in [1.807, 2.05) is 24.3 Å². The Hall–Kier alpha value is -3.07. The largest absolute Gasteiger partial charge is 0.345 e. The van der Waals surface area contributed by atoms with E-state index in [2.05, 4.69) is 20.0 Å². The number of nitrogens with one attached hydrogen (secondary N) is 2. The Morgan fingerprint density at radius 2 is 1.88 bits per heavy atom. The molecule has 4 aromatic rings. The highest BCUT2D eigenvalue weighted by atomic mass is 32.2. The van der Waals surface area contributed by atoms with Gasteiger partial charge in [0.15, 0.2) is 4.34 Å². The van der Waals surface area contributed by atoms with Gasteiger partial charge in [-0.15, -0.1) is 11.3 Å². The highest BCUT2D eigenvalue weighted by Gasteiger charge is 2.19. The standard InChI is InChI=1S/C18H13N5O5S4/c24-15(10-29-18-21-13-3-1-2-4-14(13)30-18)20-11-5-7-12(8-6-11)32(27,28)22-17-19-9-16(31-17)23(25)26/h1-9H,10H2,(H,19,22)(H,20,24). The fourth-order valence-electron chi connectivity index (χ4n) is 2.53. The van der Waals surface area contributed by atoms with Crippen LogP contribution in [0.15, 0.2) is 64.0 Å². The molecule has 2 aromatic heterocycles. The minimum atomic E-state index is -3.98. The first-order chi connectivity index (χ1) is 15.3. The molecule has 1 amide bonds. The molecule has 0 aliphatic heterocycles. The van der Waals surface area contributed by atoms with E-state index >= 15 is 0 Å². The van der Waals surface area contributed by atoms with Crippen LogP contribution in [-0.2, 0) is 14.8 Å². The van der Waals surface area contributed by atoms with Gasteiger partial charge in [0, 0.05) is 5.69 Å². The van der Waals surface area contributed by atoms with Crippen molar-refractivity contribution in [2.45, 2.75) is 9.24 Å². The summed E-state index contributed by atoms with van der Waals surface area (Å²) in [5, 5.41) is 13.0. The Labute approximate surface area is 193 Å². The number of carbonyl (C=O) groups excluding carboxylic acids is 1. The molecule has 0 aliphatic rings. The van der Waals surface area contributed by atoms with E-state index in [4.69, 9.17) is 0 Å². The summed E-state index contributed by atoms with van der Waals surface area (Å²) in [6.45, 7) is 0. The maximum Gasteiger partial charge on any atom is 0.345 e. The summed E-state index contributed by atoms with van der Waals surface area (Å²) in [4.78, 5) is 30.4. The van der Waals surface area contributed by atoms with Crippen LogP contribution in [0.25, 0.3) is 10.2 Å². The SMILES string of the molecule is O=C(CSc1nc2ccccc2s1)Nc1ccc(S(=O)(=O)Nc2ncc([N+](=O)[O-])s2)cc1. The summed E-state index contributed by atoms with van der Waals surface area (Å²) in [6.07, 6.45) is 0.980. The van der Waals surface area contributed by atoms with Gasteiger partial charge < -0.3 is 5.32 Å². The number of amides is 1. The van der Waals surface area contributed by atoms with Gasteiger partial charge in [0.2, 0.25) is 11.0 Å². The van der Waals surface area contributed by atoms with E-state index in [1.54, 1.807) is 0 Å². The molecule has 14 heteroatoms. The van der Waals surface area contributed by atoms with Gasteiger partial charge in [-0.25, -0.2) is 18.4 Å². The number of rotatable bonds is 8. The predicted octanol–water partition coefficient (Wildman–Crippen LogP) is 4.19. The second-order valence-corrected chi connectivity index (χ2v) is 11.1. The van der Waals surface area contributed by atoms with Crippen molar-refractivity contribution in [2.24, 2.45) is 0 Å². The smallest absolute Gasteiger partial charge is 0.325 e. The lowest BCUT2D eigenvalue weighted by molar-refractivity contribution is -0.380. The molecule has 0 fully saturated rings. The number of para-hydroxylation sites is 1. The Bertz CT molecular complexity index is 1370. The monoisotopic (exact) mass is 507 g/mol. The third kappa shape index (κ3) is 5.21. The second-order valence-electron chi connectivity index (χ2n) is 6.17. The van der Waals surface area contributed by atoms with Crippen molar-refractivity contribution in [1.82, 2.24) is 9.97 Å². The number of anilines is 2. The fourth-order valence-corrected chi connectivity index (χ4v) is 6.27. The lowest BCUT2D eigenvalue weighted by atomic mass is 10.3. The van der Waals surface area contributed by atoms with Crippen molar-refractivity contribution in [2.75, 3.05) is 15.8 Å². The Morgan fingerprint density at radius 1 is 1.12 bits per heavy atom. The molecule has 2 aromatic carbocycles. The molecule has 32 heavy (non-hydrogen) atoms. The highest BCUT2D eigenvalue weighted by Crippen LogP contribution is 2.30. The van der Waals surface area contributed by atoms with Crippen LogP contribution in [0.4, 0.5) is 15.8 Å². The van der Waals surface area contributed by atoms with Crippen LogP contribution in [0.2, 0.25) is 0 Å². The number of nitrogens with zero attached hydrogens (tertiary/aromatic N) is 3. The number of fused-ring (bicyclic) bond motifs is 1. The minimum Gasteiger partial charge on any atom is -0.325 e. The molecule has 0 saturated heterocycles. The molecule has 0 spiro atoms. The molecule has 2 N–H and O–H groups in total. The first kappa shape index (κ1) is 22.1. The summed E-state index contributed by atoms with van der Waals surface area (Å²) < 4.78 is 28.9. The Kier molecular flexibility index (Phi) is 6.36. The van der Waals surface area contributed by atoms with Crippen LogP contribution in [0.5, 0.6) is 0 Å². The summed E-state index contributed by atoms with van der Waals surface area (Å²) in [5.74, 6) is -0.0948. The summed E-state index contributed by atoms with van der Waals surface area (Å²) in [6, 6.07) is 13.3. The number of thioether (sulfide) groups is 1. The van der Waals surface area contributed by atoms with Crippen LogP contribution in [0, 0.1) is 10.1 Å². The van der Waals surface area contributed by atoms with Gasteiger partial charge in [-0.2, -0.15) is 0 Å². The number of benzene rings is 2. The van der Waals surface area contributed by atoms with Gasteiger partial charge >= 0.3 is 5.00 Å². The number of carbonyl (C=O) groups is 1. The van der Waals surface area contributed by atoms with Crippen LogP contribution >= 0.6 is 34.4 Å². The lowest BCUT2D eigenvalue weighted by Gasteiger charge is -2.07. The average Bonchev–Trinajstić information content (AvgIpc) is 3.39. The van der Waals surface area contributed by atoms with E-state index in [-0.39, 0.29) is 26.7 Å². The van der Waals surface area contributed by atoms with Gasteiger partial charge in [0.1, 0.15) is 6.20 Å². The normalized spacial score (nSPS) is 11.4. The summed E-state index contributed by atoms with van der Waals surface area (Å²) >= 11 is 3.45. The Morgan fingerprint density at radius 3 is 2.56 bits per heavy atom. The zero-order chi connectivity index (χ0) is 22.7. The predicted molar refractivity (Wildman–Crippen MR) is 125 cm³/mol. The second kappa shape index (κ2) is 9.20. The lowest BCUT2D eigenvalue weighted by Crippen LogP contribution is -2.15. The van der Waals surface area contributed by atoms with Crippen molar-refractivity contribution in [3.8, 4) is 0 Å². The zero-order valence-corrected chi connectivity index (χ0v) is 19.2. The summed E-state index contributed by atoms with van der Waals surface area (Å²) in [7, 11) is -3.98. The number of hydrogen-bond donors (Lipinski definition) is 2. The van der Waals surface area contributed by atoms with E-state index < -0.39 is 14.9 Å². The first-order valence-electron chi connectivity index (χ1n) is 8.81. The van der Waals surface area contributed by atoms with Gasteiger partial charge in [0.25, 0.3) is 10.0 Å². The van der Waals surface area contributed by atoms with Crippen LogP contribution in [0.3, 0.4) is 0 Å². The van der Waals surface area contributed by atoms with E-state index in [1.165, 1.54) is 47.4 Å². The molecule has 0 saturated carbocycles. The average molecular weight is 508 g/mol. The van der Waals surface area contributed by atoms with Crippen LogP contribution < -0.4 is 10.0 Å². The van der Waals surface area contributed by atoms with Gasteiger partial charge in [-0.1, -0.05) is 23.9 Å². The number of thiazole rings is 2. The molecule has 0 bridgehead atoms. The molecule has 0 aliphatic carbocycles. The molecular weight excluding hydrogens is 494 g/mol. The van der Waals surface area contributed by atoms with Crippen molar-refractivity contribution < 1.29 is 18.1 Å². The first-order valence-corrected chi connectivity index (χ1v) is 12.9. The molecule has 4 rings (SSSR count). The Balaban J connectivity index is 1.34. The van der Waals surface area contributed by atoms with E-state index in [9.17, 15) is 23.3 Å². The topological polar surface area (TPSA) is 144 Å². The molecule has 10 nitrogen and oxygen atoms in total. The third-order valence-electron chi connectivity index (χ3n) is 3.94. The number of nitro groups is 1. The number of sulfonamides is 1. The van der Waals surface area contributed by atoms with Crippen molar-refractivity contribution in [1.29, 1.82) is 0 Å². The third-order valence-corrected chi connectivity index (χ3v) is 8.47. The maximum absolute atomic E-state index is 12.4. The molecule has 0 unspecified atom stereocenters. The van der Waals surface area contributed by atoms with Crippen molar-refractivity contribution >= 4 is 76.4 Å². The van der Waals surface area contributed by atoms with Crippen LogP contribution in [-0.4, -0.2) is 35.0 Å². The van der Waals surface area contributed by atoms with Gasteiger partial charge in [0.05, 0.1) is 25.8 Å². The summed E-state index contributed by atoms with van der Waals surface area (Å²) in [5.41, 5.74) is 1.32.